The van der Waals surface area contributed by atoms with E-state index in [1.807, 2.05) is 25.1 Å². The Morgan fingerprint density at radius 2 is 1.95 bits per heavy atom. The summed E-state index contributed by atoms with van der Waals surface area (Å²) in [6.45, 7) is 9.14. The van der Waals surface area contributed by atoms with Crippen molar-refractivity contribution in [2.24, 2.45) is 5.73 Å². The summed E-state index contributed by atoms with van der Waals surface area (Å²) < 4.78 is 11.0. The number of para-hydroxylation sites is 1. The van der Waals surface area contributed by atoms with Crippen molar-refractivity contribution in [3.8, 4) is 5.75 Å². The number of benzene rings is 1. The first-order valence-electron chi connectivity index (χ1n) is 7.32. The van der Waals surface area contributed by atoms with E-state index < -0.39 is 0 Å². The fraction of sp³-hybridized carbons (Fsp3) is 0.625. The smallest absolute Gasteiger partial charge is 0.124 e. The van der Waals surface area contributed by atoms with Crippen LogP contribution >= 0.6 is 0 Å². The van der Waals surface area contributed by atoms with Crippen LogP contribution in [-0.2, 0) is 4.74 Å². The molecule has 0 aliphatic carbocycles. The Balaban J connectivity index is 3.02. The van der Waals surface area contributed by atoms with Crippen LogP contribution in [0, 0.1) is 0 Å². The van der Waals surface area contributed by atoms with E-state index in [2.05, 4.69) is 24.8 Å². The predicted octanol–water partition coefficient (Wildman–Crippen LogP) is 2.44. The summed E-state index contributed by atoms with van der Waals surface area (Å²) in [4.78, 5) is 2.36. The Hall–Kier alpha value is -1.10. The maximum Gasteiger partial charge on any atom is 0.124 e. The van der Waals surface area contributed by atoms with E-state index in [0.717, 1.165) is 17.9 Å². The Kier molecular flexibility index (Phi) is 7.59. The van der Waals surface area contributed by atoms with E-state index in [1.165, 1.54) is 0 Å². The van der Waals surface area contributed by atoms with E-state index in [9.17, 15) is 0 Å². The quantitative estimate of drug-likeness (QED) is 0.755. The Morgan fingerprint density at radius 1 is 1.25 bits per heavy atom. The van der Waals surface area contributed by atoms with Crippen LogP contribution in [0.4, 0.5) is 0 Å². The van der Waals surface area contributed by atoms with Crippen molar-refractivity contribution >= 4 is 0 Å². The van der Waals surface area contributed by atoms with Gasteiger partial charge in [0.2, 0.25) is 0 Å². The maximum atomic E-state index is 6.04. The third-order valence-corrected chi connectivity index (χ3v) is 3.42. The molecule has 2 N–H and O–H groups in total. The molecule has 0 fully saturated rings. The van der Waals surface area contributed by atoms with Crippen molar-refractivity contribution in [2.75, 3.05) is 33.4 Å². The van der Waals surface area contributed by atoms with Gasteiger partial charge in [-0.2, -0.15) is 0 Å². The summed E-state index contributed by atoms with van der Waals surface area (Å²) in [6.07, 6.45) is 0. The lowest BCUT2D eigenvalue weighted by molar-refractivity contribution is 0.0966. The first kappa shape index (κ1) is 17.0. The van der Waals surface area contributed by atoms with Crippen molar-refractivity contribution in [2.45, 2.75) is 32.9 Å². The third kappa shape index (κ3) is 4.47. The molecule has 0 aromatic heterocycles. The highest BCUT2D eigenvalue weighted by atomic mass is 16.5. The average Bonchev–Trinajstić information content (AvgIpc) is 2.44. The lowest BCUT2D eigenvalue weighted by Gasteiger charge is -2.35. The number of nitrogens with two attached hydrogens (primary N) is 1. The minimum absolute atomic E-state index is 0.146. The van der Waals surface area contributed by atoms with E-state index in [0.29, 0.717) is 25.8 Å². The van der Waals surface area contributed by atoms with E-state index in [-0.39, 0.29) is 6.04 Å². The minimum Gasteiger partial charge on any atom is -0.494 e. The van der Waals surface area contributed by atoms with Crippen LogP contribution in [0.1, 0.15) is 32.4 Å². The molecule has 0 aliphatic heterocycles. The molecule has 20 heavy (non-hydrogen) atoms. The van der Waals surface area contributed by atoms with Gasteiger partial charge in [0.05, 0.1) is 19.3 Å². The number of nitrogens with zero attached hydrogens (tertiary/aromatic N) is 1. The molecule has 1 unspecified atom stereocenters. The normalized spacial score (nSPS) is 12.9. The zero-order chi connectivity index (χ0) is 15.0. The van der Waals surface area contributed by atoms with Gasteiger partial charge in [-0.1, -0.05) is 18.2 Å². The van der Waals surface area contributed by atoms with Crippen molar-refractivity contribution in [3.05, 3.63) is 29.8 Å². The van der Waals surface area contributed by atoms with Gasteiger partial charge < -0.3 is 15.2 Å². The van der Waals surface area contributed by atoms with Crippen LogP contribution in [0.2, 0.25) is 0 Å². The number of hydrogen-bond donors (Lipinski definition) is 1. The number of rotatable bonds is 9. The molecule has 1 rings (SSSR count). The van der Waals surface area contributed by atoms with Crippen molar-refractivity contribution in [1.82, 2.24) is 4.90 Å². The highest BCUT2D eigenvalue weighted by molar-refractivity contribution is 5.36. The summed E-state index contributed by atoms with van der Waals surface area (Å²) in [5.41, 5.74) is 7.20. The van der Waals surface area contributed by atoms with Crippen molar-refractivity contribution in [3.63, 3.8) is 0 Å². The molecule has 1 aromatic rings. The van der Waals surface area contributed by atoms with Gasteiger partial charge in [-0.15, -0.1) is 0 Å². The van der Waals surface area contributed by atoms with Crippen LogP contribution in [0.3, 0.4) is 0 Å². The summed E-state index contributed by atoms with van der Waals surface area (Å²) >= 11 is 0. The second-order valence-corrected chi connectivity index (χ2v) is 5.05. The van der Waals surface area contributed by atoms with Crippen LogP contribution in [0.5, 0.6) is 5.75 Å². The van der Waals surface area contributed by atoms with Gasteiger partial charge in [-0.05, 0) is 26.8 Å². The molecule has 1 atom stereocenters. The summed E-state index contributed by atoms with van der Waals surface area (Å²) in [5, 5.41) is 0. The molecule has 0 aliphatic rings. The molecular weight excluding hydrogens is 252 g/mol. The maximum absolute atomic E-state index is 6.04. The zero-order valence-electron chi connectivity index (χ0n) is 13.1. The number of ether oxygens (including phenoxy) is 2. The second-order valence-electron chi connectivity index (χ2n) is 5.05. The van der Waals surface area contributed by atoms with Crippen molar-refractivity contribution in [1.29, 1.82) is 0 Å². The largest absolute Gasteiger partial charge is 0.494 e. The summed E-state index contributed by atoms with van der Waals surface area (Å²) in [7, 11) is 1.73. The molecule has 0 heterocycles. The SMILES string of the molecule is CCOc1ccccc1C(CN)N(CCOC)C(C)C. The van der Waals surface area contributed by atoms with Crippen LogP contribution in [-0.4, -0.2) is 44.4 Å². The topological polar surface area (TPSA) is 47.7 Å². The van der Waals surface area contributed by atoms with Gasteiger partial charge in [0.15, 0.2) is 0 Å². The molecule has 0 radical (unpaired) electrons. The Morgan fingerprint density at radius 3 is 2.50 bits per heavy atom. The molecule has 4 nitrogen and oxygen atoms in total. The van der Waals surface area contributed by atoms with Crippen molar-refractivity contribution < 1.29 is 9.47 Å². The summed E-state index contributed by atoms with van der Waals surface area (Å²) in [6, 6.07) is 8.69. The van der Waals surface area contributed by atoms with Crippen LogP contribution in [0.25, 0.3) is 0 Å². The zero-order valence-corrected chi connectivity index (χ0v) is 13.1. The monoisotopic (exact) mass is 280 g/mol. The van der Waals surface area contributed by atoms with Crippen LogP contribution in [0.15, 0.2) is 24.3 Å². The van der Waals surface area contributed by atoms with E-state index in [4.69, 9.17) is 15.2 Å². The Bertz CT molecular complexity index is 382. The van der Waals surface area contributed by atoms with Gasteiger partial charge in [0.1, 0.15) is 5.75 Å². The average molecular weight is 280 g/mol. The van der Waals surface area contributed by atoms with E-state index >= 15 is 0 Å². The number of hydrogen-bond acceptors (Lipinski definition) is 4. The predicted molar refractivity (Wildman–Crippen MR) is 83.1 cm³/mol. The van der Waals surface area contributed by atoms with Gasteiger partial charge >= 0.3 is 0 Å². The molecular formula is C16H28N2O2. The molecule has 114 valence electrons. The standard InChI is InChI=1S/C16H28N2O2/c1-5-20-16-9-7-6-8-14(16)15(12-17)18(13(2)3)10-11-19-4/h6-9,13,15H,5,10-12,17H2,1-4H3. The Labute approximate surface area is 122 Å². The molecule has 0 bridgehead atoms. The summed E-state index contributed by atoms with van der Waals surface area (Å²) in [5.74, 6) is 0.925. The lowest BCUT2D eigenvalue weighted by atomic mass is 10.0. The number of methoxy groups -OCH3 is 1. The van der Waals surface area contributed by atoms with Gasteiger partial charge in [-0.3, -0.25) is 4.90 Å². The first-order chi connectivity index (χ1) is 9.65. The first-order valence-corrected chi connectivity index (χ1v) is 7.32. The highest BCUT2D eigenvalue weighted by Crippen LogP contribution is 2.30. The molecule has 1 aromatic carbocycles. The third-order valence-electron chi connectivity index (χ3n) is 3.42. The van der Waals surface area contributed by atoms with Gasteiger partial charge in [-0.25, -0.2) is 0 Å². The molecule has 0 saturated carbocycles. The molecule has 4 heteroatoms. The molecule has 0 spiro atoms. The second kappa shape index (κ2) is 8.95. The van der Waals surface area contributed by atoms with Crippen LogP contribution < -0.4 is 10.5 Å². The van der Waals surface area contributed by atoms with Gasteiger partial charge in [0.25, 0.3) is 0 Å². The fourth-order valence-corrected chi connectivity index (χ4v) is 2.45. The van der Waals surface area contributed by atoms with E-state index in [1.54, 1.807) is 7.11 Å². The fourth-order valence-electron chi connectivity index (χ4n) is 2.45. The lowest BCUT2D eigenvalue weighted by Crippen LogP contribution is -2.40. The minimum atomic E-state index is 0.146. The molecule has 0 amide bonds. The highest BCUT2D eigenvalue weighted by Gasteiger charge is 2.24. The van der Waals surface area contributed by atoms with Gasteiger partial charge in [0, 0.05) is 31.8 Å². The molecule has 0 saturated heterocycles.